The number of urea groups is 1. The molecule has 122 valence electrons. The Morgan fingerprint density at radius 2 is 2.09 bits per heavy atom. The quantitative estimate of drug-likeness (QED) is 0.781. The molecule has 1 aromatic rings. The number of rotatable bonds is 5. The number of aliphatic hydroxyl groups excluding tert-OH is 1. The summed E-state index contributed by atoms with van der Waals surface area (Å²) in [5.41, 5.74) is 0.246. The van der Waals surface area contributed by atoms with Crippen LogP contribution in [0.3, 0.4) is 0 Å². The lowest BCUT2D eigenvalue weighted by atomic mass is 9.87. The zero-order chi connectivity index (χ0) is 15.9. The van der Waals surface area contributed by atoms with E-state index in [4.69, 9.17) is 0 Å². The molecule has 1 aromatic carbocycles. The molecule has 6 heteroatoms. The highest BCUT2D eigenvalue weighted by atomic mass is 19.1. The van der Waals surface area contributed by atoms with E-state index in [1.54, 1.807) is 0 Å². The average molecular weight is 312 g/mol. The molecule has 1 aliphatic carbocycles. The summed E-state index contributed by atoms with van der Waals surface area (Å²) >= 11 is 0. The topological polar surface area (TPSA) is 61.4 Å². The van der Waals surface area contributed by atoms with Crippen LogP contribution in [0, 0.1) is 17.6 Å². The van der Waals surface area contributed by atoms with Crippen LogP contribution in [0.1, 0.15) is 31.2 Å². The van der Waals surface area contributed by atoms with Crippen molar-refractivity contribution >= 4 is 6.03 Å². The first-order chi connectivity index (χ1) is 10.5. The van der Waals surface area contributed by atoms with Crippen LogP contribution in [-0.4, -0.2) is 30.3 Å². The Kier molecular flexibility index (Phi) is 6.12. The van der Waals surface area contributed by atoms with Crippen LogP contribution in [-0.2, 0) is 6.42 Å². The fourth-order valence-corrected chi connectivity index (χ4v) is 2.79. The molecule has 0 bridgehead atoms. The van der Waals surface area contributed by atoms with Crippen LogP contribution in [0.25, 0.3) is 0 Å². The number of hydrogen-bond acceptors (Lipinski definition) is 2. The summed E-state index contributed by atoms with van der Waals surface area (Å²) in [6.45, 7) is 0.761. The van der Waals surface area contributed by atoms with Gasteiger partial charge in [0.15, 0.2) is 0 Å². The van der Waals surface area contributed by atoms with Gasteiger partial charge in [0.05, 0.1) is 6.10 Å². The maximum atomic E-state index is 13.4. The third kappa shape index (κ3) is 5.26. The van der Waals surface area contributed by atoms with Gasteiger partial charge in [-0.1, -0.05) is 6.42 Å². The number of aliphatic hydroxyl groups is 1. The average Bonchev–Trinajstić information content (AvgIpc) is 2.49. The van der Waals surface area contributed by atoms with E-state index in [9.17, 15) is 18.7 Å². The fraction of sp³-hybridized carbons (Fsp3) is 0.562. The predicted molar refractivity (Wildman–Crippen MR) is 79.4 cm³/mol. The van der Waals surface area contributed by atoms with Crippen molar-refractivity contribution < 1.29 is 18.7 Å². The van der Waals surface area contributed by atoms with Crippen molar-refractivity contribution in [3.63, 3.8) is 0 Å². The lowest BCUT2D eigenvalue weighted by Gasteiger charge is -2.25. The molecule has 1 fully saturated rings. The van der Waals surface area contributed by atoms with Gasteiger partial charge in [0.2, 0.25) is 0 Å². The standard InChI is InChI=1S/C16H22F2N2O2/c17-13-4-5-15(18)12(9-13)6-7-19-16(22)20-10-11-2-1-3-14(21)8-11/h4-5,9,11,14,21H,1-3,6-8,10H2,(H2,19,20,22). The van der Waals surface area contributed by atoms with Gasteiger partial charge in [0.25, 0.3) is 0 Å². The molecule has 3 N–H and O–H groups in total. The fourth-order valence-electron chi connectivity index (χ4n) is 2.79. The van der Waals surface area contributed by atoms with Gasteiger partial charge < -0.3 is 15.7 Å². The van der Waals surface area contributed by atoms with Gasteiger partial charge in [0.1, 0.15) is 11.6 Å². The summed E-state index contributed by atoms with van der Waals surface area (Å²) in [6, 6.07) is 2.96. The van der Waals surface area contributed by atoms with E-state index in [1.165, 1.54) is 0 Å². The number of halogens is 2. The maximum Gasteiger partial charge on any atom is 0.314 e. The first kappa shape index (κ1) is 16.7. The van der Waals surface area contributed by atoms with Crippen molar-refractivity contribution in [3.8, 4) is 0 Å². The van der Waals surface area contributed by atoms with E-state index in [1.807, 2.05) is 0 Å². The molecular weight excluding hydrogens is 290 g/mol. The minimum absolute atomic E-state index is 0.235. The molecule has 0 aliphatic heterocycles. The SMILES string of the molecule is O=C(NCCc1cc(F)ccc1F)NCC1CCCC(O)C1. The first-order valence-corrected chi connectivity index (χ1v) is 7.68. The second-order valence-corrected chi connectivity index (χ2v) is 5.81. The van der Waals surface area contributed by atoms with Crippen molar-refractivity contribution in [2.75, 3.05) is 13.1 Å². The Bertz CT molecular complexity index is 511. The zero-order valence-corrected chi connectivity index (χ0v) is 12.4. The molecule has 0 heterocycles. The highest BCUT2D eigenvalue weighted by Gasteiger charge is 2.20. The van der Waals surface area contributed by atoms with Crippen molar-refractivity contribution in [1.82, 2.24) is 10.6 Å². The molecule has 0 aromatic heterocycles. The summed E-state index contributed by atoms with van der Waals surface area (Å²) in [6.07, 6.45) is 3.51. The Balaban J connectivity index is 1.66. The Hall–Kier alpha value is -1.69. The molecular formula is C16H22F2N2O2. The number of amides is 2. The van der Waals surface area contributed by atoms with Gasteiger partial charge in [-0.05, 0) is 55.4 Å². The minimum atomic E-state index is -0.489. The molecule has 4 nitrogen and oxygen atoms in total. The molecule has 2 unspecified atom stereocenters. The Morgan fingerprint density at radius 3 is 2.86 bits per heavy atom. The molecule has 2 atom stereocenters. The van der Waals surface area contributed by atoms with Crippen LogP contribution in [0.5, 0.6) is 0 Å². The van der Waals surface area contributed by atoms with E-state index in [2.05, 4.69) is 10.6 Å². The largest absolute Gasteiger partial charge is 0.393 e. The first-order valence-electron chi connectivity index (χ1n) is 7.68. The van der Waals surface area contributed by atoms with E-state index in [0.717, 1.165) is 43.9 Å². The Morgan fingerprint density at radius 1 is 1.27 bits per heavy atom. The highest BCUT2D eigenvalue weighted by Crippen LogP contribution is 2.23. The van der Waals surface area contributed by atoms with Crippen LogP contribution < -0.4 is 10.6 Å². The summed E-state index contributed by atoms with van der Waals surface area (Å²) in [4.78, 5) is 11.7. The van der Waals surface area contributed by atoms with E-state index in [-0.39, 0.29) is 30.7 Å². The van der Waals surface area contributed by atoms with Gasteiger partial charge in [-0.2, -0.15) is 0 Å². The summed E-state index contributed by atoms with van der Waals surface area (Å²) < 4.78 is 26.4. The second-order valence-electron chi connectivity index (χ2n) is 5.81. The van der Waals surface area contributed by atoms with Crippen molar-refractivity contribution in [3.05, 3.63) is 35.4 Å². The third-order valence-electron chi connectivity index (χ3n) is 3.99. The number of nitrogens with one attached hydrogen (secondary N) is 2. The lowest BCUT2D eigenvalue weighted by molar-refractivity contribution is 0.101. The number of benzene rings is 1. The Labute approximate surface area is 128 Å². The van der Waals surface area contributed by atoms with Gasteiger partial charge in [-0.3, -0.25) is 0 Å². The van der Waals surface area contributed by atoms with Crippen LogP contribution >= 0.6 is 0 Å². The molecule has 2 rings (SSSR count). The summed E-state index contributed by atoms with van der Waals surface area (Å²) in [5.74, 6) is -0.660. The van der Waals surface area contributed by atoms with Gasteiger partial charge in [-0.15, -0.1) is 0 Å². The second kappa shape index (κ2) is 8.08. The van der Waals surface area contributed by atoms with Crippen molar-refractivity contribution in [1.29, 1.82) is 0 Å². The molecule has 0 spiro atoms. The van der Waals surface area contributed by atoms with Gasteiger partial charge in [-0.25, -0.2) is 13.6 Å². The molecule has 0 radical (unpaired) electrons. The molecule has 2 amide bonds. The lowest BCUT2D eigenvalue weighted by Crippen LogP contribution is -2.40. The van der Waals surface area contributed by atoms with Crippen molar-refractivity contribution in [2.24, 2.45) is 5.92 Å². The van der Waals surface area contributed by atoms with Crippen LogP contribution in [0.15, 0.2) is 18.2 Å². The third-order valence-corrected chi connectivity index (χ3v) is 3.99. The van der Waals surface area contributed by atoms with E-state index >= 15 is 0 Å². The number of hydrogen-bond donors (Lipinski definition) is 3. The maximum absolute atomic E-state index is 13.4. The molecule has 1 saturated carbocycles. The molecule has 22 heavy (non-hydrogen) atoms. The minimum Gasteiger partial charge on any atom is -0.393 e. The molecule has 1 aliphatic rings. The van der Waals surface area contributed by atoms with Crippen LogP contribution in [0.4, 0.5) is 13.6 Å². The number of carbonyl (C=O) groups excluding carboxylic acids is 1. The monoisotopic (exact) mass is 312 g/mol. The summed E-state index contributed by atoms with van der Waals surface area (Å²) in [7, 11) is 0. The highest BCUT2D eigenvalue weighted by molar-refractivity contribution is 5.73. The van der Waals surface area contributed by atoms with E-state index in [0.29, 0.717) is 12.5 Å². The molecule has 0 saturated heterocycles. The van der Waals surface area contributed by atoms with E-state index < -0.39 is 11.6 Å². The normalized spacial score (nSPS) is 21.4. The zero-order valence-electron chi connectivity index (χ0n) is 12.4. The van der Waals surface area contributed by atoms with Gasteiger partial charge >= 0.3 is 6.03 Å². The van der Waals surface area contributed by atoms with Gasteiger partial charge in [0, 0.05) is 13.1 Å². The summed E-state index contributed by atoms with van der Waals surface area (Å²) in [5, 5.41) is 14.9. The number of carbonyl (C=O) groups is 1. The predicted octanol–water partition coefficient (Wildman–Crippen LogP) is 2.36. The smallest absolute Gasteiger partial charge is 0.314 e. The van der Waals surface area contributed by atoms with Crippen LogP contribution in [0.2, 0.25) is 0 Å². The van der Waals surface area contributed by atoms with Crippen molar-refractivity contribution in [2.45, 2.75) is 38.2 Å².